The lowest BCUT2D eigenvalue weighted by atomic mass is 9.88. The van der Waals surface area contributed by atoms with E-state index in [1.807, 2.05) is 32.1 Å². The number of unbranched alkanes of at least 4 members (excludes halogenated alkanes) is 1. The highest BCUT2D eigenvalue weighted by Crippen LogP contribution is 2.41. The monoisotopic (exact) mass is 485 g/mol. The zero-order valence-electron chi connectivity index (χ0n) is 19.4. The molecule has 1 aliphatic carbocycles. The van der Waals surface area contributed by atoms with E-state index in [0.717, 1.165) is 30.4 Å². The fourth-order valence-electron chi connectivity index (χ4n) is 4.29. The number of benzene rings is 2. The zero-order chi connectivity index (χ0) is 23.6. The third-order valence-electron chi connectivity index (χ3n) is 6.24. The van der Waals surface area contributed by atoms with Crippen molar-refractivity contribution in [3.05, 3.63) is 82.3 Å². The smallest absolute Gasteiger partial charge is 0.290 e. The van der Waals surface area contributed by atoms with E-state index in [1.54, 1.807) is 24.3 Å². The van der Waals surface area contributed by atoms with Crippen LogP contribution in [0, 0.1) is 25.7 Å². The highest BCUT2D eigenvalue weighted by Gasteiger charge is 2.35. The SMILES string of the molecule is CCCC[C@@H]1C=C2COC[C@@H]2C=C1[S@](=O)(=NS(=O)(=O)c1ccc(C)cc1)c1ccc(C)cc1. The molecule has 0 spiro atoms. The predicted octanol–water partition coefficient (Wildman–Crippen LogP) is 5.80. The minimum absolute atomic E-state index is 0.0152. The van der Waals surface area contributed by atoms with Crippen LogP contribution in [0.2, 0.25) is 0 Å². The molecule has 33 heavy (non-hydrogen) atoms. The van der Waals surface area contributed by atoms with E-state index in [0.29, 0.717) is 23.0 Å². The number of allylic oxidation sites excluding steroid dienone is 2. The molecular weight excluding hydrogens is 454 g/mol. The Labute approximate surface area is 197 Å². The van der Waals surface area contributed by atoms with Gasteiger partial charge < -0.3 is 4.74 Å². The predicted molar refractivity (Wildman–Crippen MR) is 132 cm³/mol. The molecule has 1 fully saturated rings. The summed E-state index contributed by atoms with van der Waals surface area (Å²) in [5.41, 5.74) is 3.14. The summed E-state index contributed by atoms with van der Waals surface area (Å²) in [5, 5.41) is 0. The van der Waals surface area contributed by atoms with Crippen molar-refractivity contribution in [1.29, 1.82) is 0 Å². The summed E-state index contributed by atoms with van der Waals surface area (Å²) in [7, 11) is -7.57. The molecule has 5 nitrogen and oxygen atoms in total. The van der Waals surface area contributed by atoms with E-state index in [1.165, 1.54) is 17.7 Å². The second-order valence-electron chi connectivity index (χ2n) is 8.88. The molecule has 0 N–H and O–H groups in total. The molecule has 0 saturated carbocycles. The van der Waals surface area contributed by atoms with Crippen molar-refractivity contribution in [3.63, 3.8) is 0 Å². The molecule has 1 aliphatic heterocycles. The minimum Gasteiger partial charge on any atom is -0.376 e. The number of aryl methyl sites for hydroxylation is 2. The maximum absolute atomic E-state index is 14.8. The Morgan fingerprint density at radius 1 is 0.909 bits per heavy atom. The van der Waals surface area contributed by atoms with Gasteiger partial charge in [-0.25, -0.2) is 4.21 Å². The molecule has 0 bridgehead atoms. The van der Waals surface area contributed by atoms with Gasteiger partial charge in [0, 0.05) is 16.7 Å². The second kappa shape index (κ2) is 9.57. The van der Waals surface area contributed by atoms with Crippen LogP contribution >= 0.6 is 0 Å². The van der Waals surface area contributed by atoms with Gasteiger partial charge in [-0.15, -0.1) is 0 Å². The molecule has 4 rings (SSSR count). The summed E-state index contributed by atoms with van der Waals surface area (Å²) >= 11 is 0. The first-order valence-electron chi connectivity index (χ1n) is 11.4. The molecule has 7 heteroatoms. The first kappa shape index (κ1) is 23.9. The third-order valence-corrected chi connectivity index (χ3v) is 10.7. The largest absolute Gasteiger partial charge is 0.376 e. The van der Waals surface area contributed by atoms with Crippen LogP contribution in [0.5, 0.6) is 0 Å². The van der Waals surface area contributed by atoms with Gasteiger partial charge in [0.1, 0.15) is 9.73 Å². The van der Waals surface area contributed by atoms with Crippen LogP contribution in [0.15, 0.2) is 84.7 Å². The molecule has 2 aromatic carbocycles. The fourth-order valence-corrected chi connectivity index (χ4v) is 8.63. The van der Waals surface area contributed by atoms with Crippen molar-refractivity contribution >= 4 is 19.8 Å². The van der Waals surface area contributed by atoms with E-state index in [4.69, 9.17) is 4.74 Å². The van der Waals surface area contributed by atoms with E-state index in [-0.39, 0.29) is 16.7 Å². The number of nitrogens with zero attached hydrogens (tertiary/aromatic N) is 1. The highest BCUT2D eigenvalue weighted by molar-refractivity contribution is 8.05. The third kappa shape index (κ3) is 5.00. The standard InChI is InChI=1S/C26H31NO4S2/c1-4-5-6-21-15-22-17-31-18-23(22)16-26(21)32(28,24-11-7-19(2)8-12-24)27-33(29,30)25-13-9-20(3)10-14-25/h7-16,21,23H,4-6,17-18H2,1-3H3/t21-,23+,32+/m1/s1. The summed E-state index contributed by atoms with van der Waals surface area (Å²) in [6.45, 7) is 7.04. The number of ether oxygens (including phenoxy) is 1. The van der Waals surface area contributed by atoms with Crippen molar-refractivity contribution < 1.29 is 17.4 Å². The van der Waals surface area contributed by atoms with Crippen molar-refractivity contribution in [2.45, 2.75) is 49.8 Å². The Balaban J connectivity index is 1.93. The van der Waals surface area contributed by atoms with Crippen LogP contribution in [-0.2, 0) is 24.5 Å². The number of hydrogen-bond acceptors (Lipinski definition) is 4. The van der Waals surface area contributed by atoms with Crippen molar-refractivity contribution in [2.75, 3.05) is 13.2 Å². The van der Waals surface area contributed by atoms with Crippen molar-refractivity contribution in [1.82, 2.24) is 0 Å². The van der Waals surface area contributed by atoms with E-state index >= 15 is 0 Å². The molecule has 176 valence electrons. The lowest BCUT2D eigenvalue weighted by molar-refractivity contribution is 0.195. The van der Waals surface area contributed by atoms with Gasteiger partial charge in [0.15, 0.2) is 0 Å². The Hall–Kier alpha value is -2.22. The second-order valence-corrected chi connectivity index (χ2v) is 12.9. The summed E-state index contributed by atoms with van der Waals surface area (Å²) in [4.78, 5) is 1.07. The number of rotatable bonds is 7. The summed E-state index contributed by atoms with van der Waals surface area (Å²) in [5.74, 6) is -0.120. The van der Waals surface area contributed by atoms with E-state index in [9.17, 15) is 12.6 Å². The molecule has 0 aromatic heterocycles. The first-order valence-corrected chi connectivity index (χ1v) is 14.4. The average molecular weight is 486 g/mol. The number of sulfonamides is 1. The van der Waals surface area contributed by atoms with Crippen molar-refractivity contribution in [2.24, 2.45) is 15.6 Å². The number of hydrogen-bond donors (Lipinski definition) is 0. The highest BCUT2D eigenvalue weighted by atomic mass is 32.3. The van der Waals surface area contributed by atoms with Crippen molar-refractivity contribution in [3.8, 4) is 0 Å². The average Bonchev–Trinajstić information content (AvgIpc) is 3.25. The van der Waals surface area contributed by atoms with Gasteiger partial charge in [-0.3, -0.25) is 0 Å². The van der Waals surface area contributed by atoms with Crippen LogP contribution in [0.4, 0.5) is 0 Å². The van der Waals surface area contributed by atoms with Gasteiger partial charge in [0.05, 0.1) is 23.0 Å². The Morgan fingerprint density at radius 2 is 1.52 bits per heavy atom. The normalized spacial score (nSPS) is 22.2. The molecular formula is C26H31NO4S2. The molecule has 0 unspecified atom stereocenters. The quantitative estimate of drug-likeness (QED) is 0.465. The Morgan fingerprint density at radius 3 is 2.12 bits per heavy atom. The molecule has 1 heterocycles. The van der Waals surface area contributed by atoms with Gasteiger partial charge in [0.2, 0.25) is 0 Å². The summed E-state index contributed by atoms with van der Waals surface area (Å²) in [6, 6.07) is 13.7. The van der Waals surface area contributed by atoms with Crippen LogP contribution in [0.1, 0.15) is 37.3 Å². The minimum atomic E-state index is -4.15. The zero-order valence-corrected chi connectivity index (χ0v) is 21.0. The lowest BCUT2D eigenvalue weighted by Crippen LogP contribution is -2.21. The van der Waals surface area contributed by atoms with Gasteiger partial charge in [-0.05, 0) is 50.1 Å². The van der Waals surface area contributed by atoms with E-state index in [2.05, 4.69) is 16.8 Å². The van der Waals surface area contributed by atoms with E-state index < -0.39 is 19.8 Å². The van der Waals surface area contributed by atoms with Gasteiger partial charge >= 0.3 is 0 Å². The van der Waals surface area contributed by atoms with Crippen LogP contribution in [0.3, 0.4) is 0 Å². The van der Waals surface area contributed by atoms with Crippen LogP contribution < -0.4 is 0 Å². The topological polar surface area (TPSA) is 72.8 Å². The molecule has 0 radical (unpaired) electrons. The maximum atomic E-state index is 14.8. The molecule has 2 aromatic rings. The van der Waals surface area contributed by atoms with Crippen LogP contribution in [-0.4, -0.2) is 25.8 Å². The molecule has 3 atom stereocenters. The van der Waals surface area contributed by atoms with Gasteiger partial charge in [-0.1, -0.05) is 71.1 Å². The lowest BCUT2D eigenvalue weighted by Gasteiger charge is -2.27. The Bertz CT molecular complexity index is 1300. The van der Waals surface area contributed by atoms with Gasteiger partial charge in [-0.2, -0.15) is 8.42 Å². The number of fused-ring (bicyclic) bond motifs is 1. The molecule has 1 saturated heterocycles. The summed E-state index contributed by atoms with van der Waals surface area (Å²) in [6.07, 6.45) is 6.86. The first-order chi connectivity index (χ1) is 15.7. The van der Waals surface area contributed by atoms with Gasteiger partial charge in [0.25, 0.3) is 10.0 Å². The molecule has 2 aliphatic rings. The fraction of sp³-hybridized carbons (Fsp3) is 0.385. The summed E-state index contributed by atoms with van der Waals surface area (Å²) < 4.78 is 51.4. The maximum Gasteiger partial charge on any atom is 0.290 e. The molecule has 0 amide bonds. The van der Waals surface area contributed by atoms with Crippen LogP contribution in [0.25, 0.3) is 0 Å². The Kier molecular flexibility index (Phi) is 6.93.